The molecule has 2 nitrogen and oxygen atoms in total. The van der Waals surface area contributed by atoms with Gasteiger partial charge in [-0.15, -0.1) is 0 Å². The Morgan fingerprint density at radius 3 is 1.50 bits per heavy atom. The van der Waals surface area contributed by atoms with Gasteiger partial charge in [0.15, 0.2) is 0 Å². The third kappa shape index (κ3) is 7.47. The molecule has 0 spiro atoms. The second kappa shape index (κ2) is 1.39. The van der Waals surface area contributed by atoms with Gasteiger partial charge in [0.2, 0.25) is 0 Å². The van der Waals surface area contributed by atoms with E-state index in [2.05, 4.69) is 0 Å². The van der Waals surface area contributed by atoms with Crippen LogP contribution in [-0.4, -0.2) is 5.97 Å². The maximum Gasteiger partial charge on any atom is 0.438 e. The fraction of sp³-hybridized carbons (Fsp3) is 0.500. The highest BCUT2D eigenvalue weighted by Gasteiger charge is 2.68. The van der Waals surface area contributed by atoms with Crippen LogP contribution in [0.25, 0.3) is 0 Å². The highest BCUT2D eigenvalue weighted by Crippen LogP contribution is 2.98. The lowest BCUT2D eigenvalue weighted by atomic mass is 10.9. The summed E-state index contributed by atoms with van der Waals surface area (Å²) in [6.45, 7) is 0.248. The molecule has 0 aliphatic rings. The van der Waals surface area contributed by atoms with E-state index in [1.165, 1.54) is 0 Å². The van der Waals surface area contributed by atoms with Gasteiger partial charge in [0.1, 0.15) is 0 Å². The number of hydrogen-bond acceptors (Lipinski definition) is 2. The van der Waals surface area contributed by atoms with E-state index in [0.717, 1.165) is 0 Å². The molecule has 0 bridgehead atoms. The van der Waals surface area contributed by atoms with Crippen molar-refractivity contribution in [1.82, 2.24) is 0 Å². The molecule has 10 heavy (non-hydrogen) atoms. The summed E-state index contributed by atoms with van der Waals surface area (Å²) in [7, 11) is -9.95. The van der Waals surface area contributed by atoms with Gasteiger partial charge in [0.25, 0.3) is 0 Å². The smallest absolute Gasteiger partial charge is 0.318 e. The van der Waals surface area contributed by atoms with E-state index in [1.54, 1.807) is 0 Å². The molecule has 0 aliphatic heterocycles. The van der Waals surface area contributed by atoms with Crippen LogP contribution in [0.4, 0.5) is 19.4 Å². The largest absolute Gasteiger partial charge is 0.438 e. The van der Waals surface area contributed by atoms with Gasteiger partial charge < -0.3 is 4.18 Å². The minimum absolute atomic E-state index is 0.248. The standard InChI is InChI=1S/C2H3F5O2S/c1-2(8)9-10(3,4,5,6)7/h1H3. The summed E-state index contributed by atoms with van der Waals surface area (Å²) >= 11 is 0. The van der Waals surface area contributed by atoms with Crippen molar-refractivity contribution in [2.75, 3.05) is 0 Å². The minimum Gasteiger partial charge on any atom is -0.318 e. The topological polar surface area (TPSA) is 26.3 Å². The van der Waals surface area contributed by atoms with Crippen LogP contribution in [0.1, 0.15) is 6.92 Å². The summed E-state index contributed by atoms with van der Waals surface area (Å²) in [4.78, 5) is 9.48. The van der Waals surface area contributed by atoms with Crippen LogP contribution in [0.15, 0.2) is 0 Å². The number of halogens is 5. The van der Waals surface area contributed by atoms with Gasteiger partial charge in [0.05, 0.1) is 0 Å². The molecule has 0 amide bonds. The lowest BCUT2D eigenvalue weighted by Gasteiger charge is -2.37. The molecule has 0 fully saturated rings. The summed E-state index contributed by atoms with van der Waals surface area (Å²) in [5.41, 5.74) is 0. The zero-order valence-corrected chi connectivity index (χ0v) is 5.43. The van der Waals surface area contributed by atoms with Crippen LogP contribution in [0.3, 0.4) is 0 Å². The summed E-state index contributed by atoms with van der Waals surface area (Å²) < 4.78 is 57.1. The van der Waals surface area contributed by atoms with Crippen molar-refractivity contribution in [3.63, 3.8) is 0 Å². The maximum absolute atomic E-state index is 11.0. The van der Waals surface area contributed by atoms with Crippen molar-refractivity contribution >= 4 is 16.5 Å². The molecule has 64 valence electrons. The lowest BCUT2D eigenvalue weighted by Crippen LogP contribution is -2.13. The van der Waals surface area contributed by atoms with E-state index >= 15 is 0 Å². The maximum atomic E-state index is 11.0. The average Bonchev–Trinajstić information content (AvgIpc) is 1.12. The van der Waals surface area contributed by atoms with E-state index in [0.29, 0.717) is 0 Å². The predicted molar refractivity (Wildman–Crippen MR) is 24.9 cm³/mol. The van der Waals surface area contributed by atoms with Crippen LogP contribution in [0.2, 0.25) is 0 Å². The first kappa shape index (κ1) is 9.47. The molecular weight excluding hydrogens is 183 g/mol. The molecule has 0 saturated carbocycles. The SMILES string of the molecule is CC(=O)OS(F)(F)(F)(F)F. The van der Waals surface area contributed by atoms with Gasteiger partial charge >= 0.3 is 16.5 Å². The van der Waals surface area contributed by atoms with Crippen molar-refractivity contribution in [2.45, 2.75) is 6.92 Å². The zero-order valence-electron chi connectivity index (χ0n) is 4.61. The Bertz CT molecular complexity index is 165. The van der Waals surface area contributed by atoms with Crippen molar-refractivity contribution < 1.29 is 28.4 Å². The molecule has 0 atom stereocenters. The first-order valence-corrected chi connectivity index (χ1v) is 3.72. The molecule has 0 aromatic rings. The van der Waals surface area contributed by atoms with Gasteiger partial charge in [-0.25, -0.2) is 0 Å². The molecule has 0 rings (SSSR count). The summed E-state index contributed by atoms with van der Waals surface area (Å²) in [6.07, 6.45) is 0. The number of hydrogen-bond donors (Lipinski definition) is 0. The second-order valence-electron chi connectivity index (χ2n) is 1.47. The van der Waals surface area contributed by atoms with Crippen molar-refractivity contribution in [1.29, 1.82) is 0 Å². The number of carbonyl (C=O) groups excluding carboxylic acids is 1. The number of rotatable bonds is 1. The lowest BCUT2D eigenvalue weighted by molar-refractivity contribution is -0.134. The molecule has 0 saturated heterocycles. The van der Waals surface area contributed by atoms with Crippen LogP contribution >= 0.6 is 10.5 Å². The monoisotopic (exact) mass is 186 g/mol. The van der Waals surface area contributed by atoms with Gasteiger partial charge in [-0.1, -0.05) is 19.4 Å². The second-order valence-corrected chi connectivity index (χ2v) is 3.44. The first-order valence-electron chi connectivity index (χ1n) is 1.85. The Balaban J connectivity index is 4.59. The molecule has 0 N–H and O–H groups in total. The van der Waals surface area contributed by atoms with Gasteiger partial charge in [-0.2, -0.15) is 0 Å². The van der Waals surface area contributed by atoms with Crippen LogP contribution in [0, 0.1) is 0 Å². The quantitative estimate of drug-likeness (QED) is 0.588. The highest BCUT2D eigenvalue weighted by molar-refractivity contribution is 8.42. The Labute approximate surface area is 52.9 Å². The van der Waals surface area contributed by atoms with E-state index in [9.17, 15) is 24.2 Å². The molecule has 0 aliphatic carbocycles. The van der Waals surface area contributed by atoms with Crippen molar-refractivity contribution in [3.05, 3.63) is 0 Å². The summed E-state index contributed by atoms with van der Waals surface area (Å²) in [5.74, 6) is -2.07. The third-order valence-electron chi connectivity index (χ3n) is 0.275. The minimum atomic E-state index is -9.95. The van der Waals surface area contributed by atoms with Gasteiger partial charge in [0, 0.05) is 6.92 Å². The van der Waals surface area contributed by atoms with E-state index in [1.807, 2.05) is 4.18 Å². The van der Waals surface area contributed by atoms with Crippen LogP contribution < -0.4 is 0 Å². The number of carbonyl (C=O) groups is 1. The fourth-order valence-electron chi connectivity index (χ4n) is 0.222. The Morgan fingerprint density at radius 1 is 1.20 bits per heavy atom. The summed E-state index contributed by atoms with van der Waals surface area (Å²) in [5, 5.41) is 0. The predicted octanol–water partition coefficient (Wildman–Crippen LogP) is 2.76. The average molecular weight is 186 g/mol. The first-order chi connectivity index (χ1) is 3.89. The molecule has 0 radical (unpaired) electrons. The van der Waals surface area contributed by atoms with E-state index in [4.69, 9.17) is 0 Å². The summed E-state index contributed by atoms with van der Waals surface area (Å²) in [6, 6.07) is 0. The Morgan fingerprint density at radius 2 is 1.50 bits per heavy atom. The zero-order chi connectivity index (χ0) is 8.69. The molecule has 8 heteroatoms. The Kier molecular flexibility index (Phi) is 1.31. The van der Waals surface area contributed by atoms with E-state index in [-0.39, 0.29) is 6.92 Å². The van der Waals surface area contributed by atoms with Crippen LogP contribution in [0.5, 0.6) is 0 Å². The van der Waals surface area contributed by atoms with Gasteiger partial charge in [-0.3, -0.25) is 4.79 Å². The molecule has 0 aromatic carbocycles. The van der Waals surface area contributed by atoms with Crippen molar-refractivity contribution in [2.24, 2.45) is 0 Å². The molecule has 0 heterocycles. The van der Waals surface area contributed by atoms with Gasteiger partial charge in [-0.05, 0) is 0 Å². The third-order valence-corrected chi connectivity index (χ3v) is 0.825. The van der Waals surface area contributed by atoms with Crippen molar-refractivity contribution in [3.8, 4) is 0 Å². The molecular formula is C2H3F5O2S. The molecule has 0 unspecified atom stereocenters. The van der Waals surface area contributed by atoms with Crippen LogP contribution in [-0.2, 0) is 8.98 Å². The molecule has 0 aromatic heterocycles. The Hall–Kier alpha value is -0.530. The highest BCUT2D eigenvalue weighted by atomic mass is 32.5. The fourth-order valence-corrected chi connectivity index (χ4v) is 0.665. The van der Waals surface area contributed by atoms with E-state index < -0.39 is 16.5 Å². The normalized spacial score (nSPS) is 19.0.